The van der Waals surface area contributed by atoms with Crippen molar-refractivity contribution < 1.29 is 9.53 Å². The van der Waals surface area contributed by atoms with Crippen LogP contribution in [0.15, 0.2) is 18.6 Å². The molecule has 8 heteroatoms. The van der Waals surface area contributed by atoms with E-state index < -0.39 is 5.41 Å². The van der Waals surface area contributed by atoms with Crippen molar-refractivity contribution in [1.29, 1.82) is 0 Å². The molecular weight excluding hydrogens is 248 g/mol. The summed E-state index contributed by atoms with van der Waals surface area (Å²) in [4.78, 5) is 19.7. The number of rotatable bonds is 3. The molecule has 100 valence electrons. The summed E-state index contributed by atoms with van der Waals surface area (Å²) in [5, 5.41) is 11.1. The van der Waals surface area contributed by atoms with Gasteiger partial charge in [0.1, 0.15) is 5.69 Å². The summed E-state index contributed by atoms with van der Waals surface area (Å²) in [5.41, 5.74) is -0.0555. The fourth-order valence-corrected chi connectivity index (χ4v) is 1.23. The van der Waals surface area contributed by atoms with Crippen molar-refractivity contribution in [3.05, 3.63) is 18.6 Å². The molecule has 0 amide bonds. The molecule has 0 aliphatic carbocycles. The zero-order chi connectivity index (χ0) is 13.9. The molecule has 0 aliphatic rings. The molecule has 0 aliphatic heterocycles. The summed E-state index contributed by atoms with van der Waals surface area (Å²) in [6.45, 7) is 5.27. The molecule has 0 fully saturated rings. The molecule has 0 spiro atoms. The Labute approximate surface area is 109 Å². The summed E-state index contributed by atoms with van der Waals surface area (Å²) in [6.07, 6.45) is 4.63. The third-order valence-electron chi connectivity index (χ3n) is 2.25. The van der Waals surface area contributed by atoms with Crippen LogP contribution in [0.3, 0.4) is 0 Å². The molecule has 0 saturated heterocycles. The Morgan fingerprint density at radius 3 is 2.79 bits per heavy atom. The molecule has 8 nitrogen and oxygen atoms in total. The standard InChI is InChI=1S/C11H14N6O2/c1-11(2,3)10(18)19-7-17-9(14-15-16-17)8-6-12-4-5-13-8/h4-6H,7H2,1-3H3. The largest absolute Gasteiger partial charge is 0.442 e. The van der Waals surface area contributed by atoms with E-state index in [2.05, 4.69) is 25.5 Å². The van der Waals surface area contributed by atoms with Crippen molar-refractivity contribution >= 4 is 5.97 Å². The van der Waals surface area contributed by atoms with Gasteiger partial charge in [0.2, 0.25) is 5.82 Å². The van der Waals surface area contributed by atoms with Crippen molar-refractivity contribution in [1.82, 2.24) is 30.2 Å². The van der Waals surface area contributed by atoms with Gasteiger partial charge in [-0.05, 0) is 31.2 Å². The molecular formula is C11H14N6O2. The third kappa shape index (κ3) is 3.09. The highest BCUT2D eigenvalue weighted by molar-refractivity contribution is 5.75. The topological polar surface area (TPSA) is 95.7 Å². The minimum atomic E-state index is -0.569. The molecule has 0 atom stereocenters. The predicted molar refractivity (Wildman–Crippen MR) is 64.4 cm³/mol. The Morgan fingerprint density at radius 2 is 2.16 bits per heavy atom. The summed E-state index contributed by atoms with van der Waals surface area (Å²) in [5.74, 6) is 0.0721. The van der Waals surface area contributed by atoms with Gasteiger partial charge in [0.15, 0.2) is 6.73 Å². The lowest BCUT2D eigenvalue weighted by Crippen LogP contribution is -2.24. The number of aromatic nitrogens is 6. The number of ether oxygens (including phenoxy) is 1. The van der Waals surface area contributed by atoms with Crippen LogP contribution in [0.1, 0.15) is 20.8 Å². The molecule has 0 radical (unpaired) electrons. The minimum absolute atomic E-state index is 0.0605. The lowest BCUT2D eigenvalue weighted by Gasteiger charge is -2.16. The van der Waals surface area contributed by atoms with E-state index in [0.717, 1.165) is 0 Å². The first kappa shape index (κ1) is 13.1. The Hall–Kier alpha value is -2.38. The maximum atomic E-state index is 11.7. The number of carbonyl (C=O) groups is 1. The van der Waals surface area contributed by atoms with E-state index in [1.807, 2.05) is 0 Å². The average Bonchev–Trinajstić information content (AvgIpc) is 2.84. The van der Waals surface area contributed by atoms with E-state index >= 15 is 0 Å². The van der Waals surface area contributed by atoms with Gasteiger partial charge in [-0.25, -0.2) is 4.98 Å². The maximum absolute atomic E-state index is 11.7. The molecule has 2 aromatic rings. The van der Waals surface area contributed by atoms with Gasteiger partial charge in [0, 0.05) is 12.4 Å². The lowest BCUT2D eigenvalue weighted by molar-refractivity contribution is -0.157. The van der Waals surface area contributed by atoms with Gasteiger partial charge in [-0.1, -0.05) is 0 Å². The van der Waals surface area contributed by atoms with Crippen LogP contribution < -0.4 is 0 Å². The van der Waals surface area contributed by atoms with E-state index in [4.69, 9.17) is 4.74 Å². The quantitative estimate of drug-likeness (QED) is 0.750. The number of hydrogen-bond donors (Lipinski definition) is 0. The van der Waals surface area contributed by atoms with E-state index in [-0.39, 0.29) is 12.7 Å². The first-order chi connectivity index (χ1) is 8.98. The monoisotopic (exact) mass is 262 g/mol. The second-order valence-corrected chi connectivity index (χ2v) is 4.90. The Balaban J connectivity index is 2.11. The zero-order valence-corrected chi connectivity index (χ0v) is 10.9. The van der Waals surface area contributed by atoms with Crippen molar-refractivity contribution in [3.8, 4) is 11.5 Å². The SMILES string of the molecule is CC(C)(C)C(=O)OCn1nnnc1-c1cnccn1. The summed E-state index contributed by atoms with van der Waals surface area (Å²) in [7, 11) is 0. The number of nitrogens with zero attached hydrogens (tertiary/aromatic N) is 6. The van der Waals surface area contributed by atoms with E-state index in [9.17, 15) is 4.79 Å². The Morgan fingerprint density at radius 1 is 1.37 bits per heavy atom. The molecule has 0 N–H and O–H groups in total. The second-order valence-electron chi connectivity index (χ2n) is 4.90. The van der Waals surface area contributed by atoms with Crippen LogP contribution >= 0.6 is 0 Å². The first-order valence-electron chi connectivity index (χ1n) is 5.68. The normalized spacial score (nSPS) is 11.3. The van der Waals surface area contributed by atoms with Gasteiger partial charge in [0.25, 0.3) is 0 Å². The number of tetrazole rings is 1. The molecule has 0 unspecified atom stereocenters. The molecule has 0 aromatic carbocycles. The van der Waals surface area contributed by atoms with E-state index in [0.29, 0.717) is 11.5 Å². The fourth-order valence-electron chi connectivity index (χ4n) is 1.23. The van der Waals surface area contributed by atoms with Crippen molar-refractivity contribution in [2.75, 3.05) is 0 Å². The molecule has 2 heterocycles. The summed E-state index contributed by atoms with van der Waals surface area (Å²) >= 11 is 0. The fraction of sp³-hybridized carbons (Fsp3) is 0.455. The van der Waals surface area contributed by atoms with Gasteiger partial charge >= 0.3 is 5.97 Å². The van der Waals surface area contributed by atoms with Gasteiger partial charge in [-0.3, -0.25) is 9.78 Å². The minimum Gasteiger partial charge on any atom is -0.442 e. The van der Waals surface area contributed by atoms with Gasteiger partial charge in [0.05, 0.1) is 11.6 Å². The van der Waals surface area contributed by atoms with E-state index in [1.54, 1.807) is 27.0 Å². The summed E-state index contributed by atoms with van der Waals surface area (Å²) < 4.78 is 6.50. The van der Waals surface area contributed by atoms with E-state index in [1.165, 1.54) is 17.1 Å². The van der Waals surface area contributed by atoms with Crippen LogP contribution in [-0.4, -0.2) is 36.1 Å². The lowest BCUT2D eigenvalue weighted by atomic mass is 9.98. The molecule has 2 aromatic heterocycles. The zero-order valence-electron chi connectivity index (χ0n) is 10.9. The Kier molecular flexibility index (Phi) is 3.50. The number of esters is 1. The van der Waals surface area contributed by atoms with Crippen LogP contribution in [0.5, 0.6) is 0 Å². The molecule has 0 bridgehead atoms. The van der Waals surface area contributed by atoms with Crippen molar-refractivity contribution in [3.63, 3.8) is 0 Å². The van der Waals surface area contributed by atoms with Crippen LogP contribution in [0.2, 0.25) is 0 Å². The molecule has 0 saturated carbocycles. The van der Waals surface area contributed by atoms with Crippen LogP contribution in [0.4, 0.5) is 0 Å². The molecule has 19 heavy (non-hydrogen) atoms. The number of hydrogen-bond acceptors (Lipinski definition) is 7. The van der Waals surface area contributed by atoms with Gasteiger partial charge < -0.3 is 4.74 Å². The highest BCUT2D eigenvalue weighted by Gasteiger charge is 2.23. The maximum Gasteiger partial charge on any atom is 0.313 e. The second kappa shape index (κ2) is 5.09. The van der Waals surface area contributed by atoms with Crippen LogP contribution in [-0.2, 0) is 16.3 Å². The Bertz CT molecular complexity index is 560. The average molecular weight is 262 g/mol. The molecule has 2 rings (SSSR count). The van der Waals surface area contributed by atoms with Gasteiger partial charge in [-0.15, -0.1) is 5.10 Å². The highest BCUT2D eigenvalue weighted by atomic mass is 16.5. The smallest absolute Gasteiger partial charge is 0.313 e. The number of carbonyl (C=O) groups excluding carboxylic acids is 1. The van der Waals surface area contributed by atoms with Crippen molar-refractivity contribution in [2.24, 2.45) is 5.41 Å². The first-order valence-corrected chi connectivity index (χ1v) is 5.68. The summed E-state index contributed by atoms with van der Waals surface area (Å²) in [6, 6.07) is 0. The van der Waals surface area contributed by atoms with Crippen LogP contribution in [0, 0.1) is 5.41 Å². The predicted octanol–water partition coefficient (Wildman–Crippen LogP) is 0.677. The highest BCUT2D eigenvalue weighted by Crippen LogP contribution is 2.16. The third-order valence-corrected chi connectivity index (χ3v) is 2.25. The van der Waals surface area contributed by atoms with Crippen LogP contribution in [0.25, 0.3) is 11.5 Å². The van der Waals surface area contributed by atoms with Crippen molar-refractivity contribution in [2.45, 2.75) is 27.5 Å². The van der Waals surface area contributed by atoms with Gasteiger partial charge in [-0.2, -0.15) is 4.68 Å².